The number of fused-ring (bicyclic) bond motifs is 1. The SMILES string of the molecule is COc1ccc(C(CS(=O)(=O)Cc2ccc3sccc3c2)NO)cc1. The van der Waals surface area contributed by atoms with Crippen molar-refractivity contribution in [3.05, 3.63) is 65.0 Å². The highest BCUT2D eigenvalue weighted by Gasteiger charge is 2.21. The Balaban J connectivity index is 1.75. The summed E-state index contributed by atoms with van der Waals surface area (Å²) in [6.07, 6.45) is 0. The van der Waals surface area contributed by atoms with Gasteiger partial charge in [-0.3, -0.25) is 0 Å². The normalized spacial score (nSPS) is 13.0. The Bertz CT molecular complexity index is 949. The van der Waals surface area contributed by atoms with Crippen molar-refractivity contribution in [1.82, 2.24) is 5.48 Å². The van der Waals surface area contributed by atoms with Gasteiger partial charge in [0, 0.05) is 4.70 Å². The van der Waals surface area contributed by atoms with Gasteiger partial charge in [-0.25, -0.2) is 8.42 Å². The molecule has 25 heavy (non-hydrogen) atoms. The van der Waals surface area contributed by atoms with E-state index < -0.39 is 15.9 Å². The Morgan fingerprint density at radius 3 is 2.60 bits per heavy atom. The summed E-state index contributed by atoms with van der Waals surface area (Å²) in [7, 11) is -1.85. The van der Waals surface area contributed by atoms with Crippen LogP contribution >= 0.6 is 11.3 Å². The van der Waals surface area contributed by atoms with Gasteiger partial charge >= 0.3 is 0 Å². The molecule has 0 fully saturated rings. The van der Waals surface area contributed by atoms with Crippen LogP contribution < -0.4 is 10.2 Å². The summed E-state index contributed by atoms with van der Waals surface area (Å²) < 4.78 is 31.4. The minimum Gasteiger partial charge on any atom is -0.497 e. The molecule has 0 spiro atoms. The third-order valence-electron chi connectivity index (χ3n) is 4.00. The fourth-order valence-corrected chi connectivity index (χ4v) is 5.07. The van der Waals surface area contributed by atoms with Gasteiger partial charge in [0.15, 0.2) is 9.84 Å². The molecule has 0 saturated heterocycles. The fourth-order valence-electron chi connectivity index (χ4n) is 2.72. The molecular formula is C18H19NO4S2. The van der Waals surface area contributed by atoms with Crippen molar-refractivity contribution in [3.63, 3.8) is 0 Å². The van der Waals surface area contributed by atoms with Crippen LogP contribution in [-0.2, 0) is 15.6 Å². The number of hydrogen-bond acceptors (Lipinski definition) is 6. The van der Waals surface area contributed by atoms with Crippen molar-refractivity contribution < 1.29 is 18.4 Å². The number of ether oxygens (including phenoxy) is 1. The Hall–Kier alpha value is -1.93. The lowest BCUT2D eigenvalue weighted by atomic mass is 10.1. The molecule has 0 amide bonds. The van der Waals surface area contributed by atoms with E-state index in [0.717, 1.165) is 15.6 Å². The molecule has 0 aliphatic rings. The zero-order valence-corrected chi connectivity index (χ0v) is 15.3. The maximum Gasteiger partial charge on any atom is 0.156 e. The molecule has 2 N–H and O–H groups in total. The third kappa shape index (κ3) is 4.38. The first kappa shape index (κ1) is 17.9. The van der Waals surface area contributed by atoms with Crippen LogP contribution in [0.15, 0.2) is 53.9 Å². The molecule has 0 bridgehead atoms. The van der Waals surface area contributed by atoms with E-state index in [4.69, 9.17) is 4.74 Å². The maximum absolute atomic E-state index is 12.6. The first-order valence-electron chi connectivity index (χ1n) is 7.71. The minimum absolute atomic E-state index is 0.0624. The first-order chi connectivity index (χ1) is 12.0. The highest BCUT2D eigenvalue weighted by Crippen LogP contribution is 2.24. The molecule has 0 aliphatic carbocycles. The van der Waals surface area contributed by atoms with Gasteiger partial charge in [0.1, 0.15) is 5.75 Å². The van der Waals surface area contributed by atoms with Crippen LogP contribution in [-0.4, -0.2) is 26.5 Å². The third-order valence-corrected chi connectivity index (χ3v) is 6.51. The molecule has 7 heteroatoms. The maximum atomic E-state index is 12.6. The summed E-state index contributed by atoms with van der Waals surface area (Å²) in [5, 5.41) is 12.4. The fraction of sp³-hybridized carbons (Fsp3) is 0.222. The van der Waals surface area contributed by atoms with E-state index >= 15 is 0 Å². The summed E-state index contributed by atoms with van der Waals surface area (Å²) in [4.78, 5) is 0. The summed E-state index contributed by atoms with van der Waals surface area (Å²) >= 11 is 1.63. The van der Waals surface area contributed by atoms with Crippen LogP contribution in [0.3, 0.4) is 0 Å². The van der Waals surface area contributed by atoms with E-state index in [9.17, 15) is 13.6 Å². The molecule has 0 saturated carbocycles. The lowest BCUT2D eigenvalue weighted by Gasteiger charge is -2.16. The molecule has 3 rings (SSSR count). The number of sulfone groups is 1. The minimum atomic E-state index is -3.41. The predicted molar refractivity (Wildman–Crippen MR) is 100.0 cm³/mol. The zero-order chi connectivity index (χ0) is 17.9. The number of hydroxylamine groups is 1. The van der Waals surface area contributed by atoms with Crippen LogP contribution in [0.25, 0.3) is 10.1 Å². The quantitative estimate of drug-likeness (QED) is 0.616. The van der Waals surface area contributed by atoms with E-state index in [-0.39, 0.29) is 11.5 Å². The Labute approximate surface area is 150 Å². The van der Waals surface area contributed by atoms with Gasteiger partial charge in [0.25, 0.3) is 0 Å². The Morgan fingerprint density at radius 1 is 1.16 bits per heavy atom. The largest absolute Gasteiger partial charge is 0.497 e. The van der Waals surface area contributed by atoms with Crippen LogP contribution in [0.2, 0.25) is 0 Å². The molecule has 0 radical (unpaired) electrons. The van der Waals surface area contributed by atoms with E-state index in [1.807, 2.05) is 29.6 Å². The van der Waals surface area contributed by atoms with Crippen LogP contribution in [0.1, 0.15) is 17.2 Å². The highest BCUT2D eigenvalue weighted by molar-refractivity contribution is 7.90. The molecule has 3 aromatic rings. The average Bonchev–Trinajstić information content (AvgIpc) is 3.07. The highest BCUT2D eigenvalue weighted by atomic mass is 32.2. The summed E-state index contributed by atoms with van der Waals surface area (Å²) in [6, 6.07) is 13.9. The van der Waals surface area contributed by atoms with Crippen molar-refractivity contribution in [2.75, 3.05) is 12.9 Å². The van der Waals surface area contributed by atoms with Crippen molar-refractivity contribution in [3.8, 4) is 5.75 Å². The number of methoxy groups -OCH3 is 1. The Kier molecular flexibility index (Phi) is 5.39. The van der Waals surface area contributed by atoms with Gasteiger partial charge in [-0.05, 0) is 52.2 Å². The lowest BCUT2D eigenvalue weighted by Crippen LogP contribution is -2.26. The summed E-state index contributed by atoms with van der Waals surface area (Å²) in [6.45, 7) is 0. The molecular weight excluding hydrogens is 358 g/mol. The van der Waals surface area contributed by atoms with Gasteiger partial charge in [-0.1, -0.05) is 18.2 Å². The van der Waals surface area contributed by atoms with Crippen molar-refractivity contribution in [1.29, 1.82) is 0 Å². The van der Waals surface area contributed by atoms with Gasteiger partial charge in [0.05, 0.1) is 24.7 Å². The summed E-state index contributed by atoms with van der Waals surface area (Å²) in [5.74, 6) is 0.414. The lowest BCUT2D eigenvalue weighted by molar-refractivity contribution is 0.134. The van der Waals surface area contributed by atoms with Gasteiger partial charge in [-0.2, -0.15) is 5.48 Å². The molecule has 132 valence electrons. The average molecular weight is 377 g/mol. The molecule has 5 nitrogen and oxygen atoms in total. The zero-order valence-electron chi connectivity index (χ0n) is 13.7. The number of hydrogen-bond donors (Lipinski definition) is 2. The van der Waals surface area contributed by atoms with Gasteiger partial charge in [-0.15, -0.1) is 11.3 Å². The molecule has 1 aromatic heterocycles. The Morgan fingerprint density at radius 2 is 1.92 bits per heavy atom. The first-order valence-corrected chi connectivity index (χ1v) is 10.4. The van der Waals surface area contributed by atoms with Gasteiger partial charge < -0.3 is 9.94 Å². The van der Waals surface area contributed by atoms with Gasteiger partial charge in [0.2, 0.25) is 0 Å². The predicted octanol–water partition coefficient (Wildman–Crippen LogP) is 3.54. The second-order valence-corrected chi connectivity index (χ2v) is 8.86. The smallest absolute Gasteiger partial charge is 0.156 e. The van der Waals surface area contributed by atoms with Crippen molar-refractivity contribution in [2.24, 2.45) is 0 Å². The molecule has 2 aromatic carbocycles. The second kappa shape index (κ2) is 7.53. The van der Waals surface area contributed by atoms with E-state index in [1.54, 1.807) is 42.7 Å². The monoisotopic (exact) mass is 377 g/mol. The van der Waals surface area contributed by atoms with E-state index in [2.05, 4.69) is 5.48 Å². The number of rotatable bonds is 7. The van der Waals surface area contributed by atoms with Crippen LogP contribution in [0.4, 0.5) is 0 Å². The van der Waals surface area contributed by atoms with E-state index in [0.29, 0.717) is 11.3 Å². The second-order valence-electron chi connectivity index (χ2n) is 5.80. The van der Waals surface area contributed by atoms with E-state index in [1.165, 1.54) is 0 Å². The summed E-state index contributed by atoms with van der Waals surface area (Å²) in [5.41, 5.74) is 3.53. The standard InChI is InChI=1S/C18H19NO4S2/c1-23-16-5-3-14(4-6-16)17(19-20)12-25(21,22)11-13-2-7-18-15(10-13)8-9-24-18/h2-10,17,19-20H,11-12H2,1H3. The number of benzene rings is 2. The van der Waals surface area contributed by atoms with Crippen LogP contribution in [0.5, 0.6) is 5.75 Å². The number of thiophene rings is 1. The van der Waals surface area contributed by atoms with Crippen LogP contribution in [0, 0.1) is 0 Å². The van der Waals surface area contributed by atoms with Crippen molar-refractivity contribution >= 4 is 31.3 Å². The molecule has 1 unspecified atom stereocenters. The van der Waals surface area contributed by atoms with Crippen molar-refractivity contribution in [2.45, 2.75) is 11.8 Å². The molecule has 1 heterocycles. The number of nitrogens with one attached hydrogen (secondary N) is 1. The topological polar surface area (TPSA) is 75.6 Å². The molecule has 0 aliphatic heterocycles. The molecule has 1 atom stereocenters.